The van der Waals surface area contributed by atoms with Crippen molar-refractivity contribution in [3.05, 3.63) is 109 Å². The van der Waals surface area contributed by atoms with E-state index >= 15 is 0 Å². The molecule has 0 aliphatic carbocycles. The molecule has 0 atom stereocenters. The second-order valence-electron chi connectivity index (χ2n) is 14.3. The fourth-order valence-corrected chi connectivity index (χ4v) is 7.99. The highest BCUT2D eigenvalue weighted by Gasteiger charge is 2.26. The third-order valence-corrected chi connectivity index (χ3v) is 10.7. The largest absolute Gasteiger partial charge is 0.497 e. The van der Waals surface area contributed by atoms with Gasteiger partial charge in [0.2, 0.25) is 11.8 Å². The summed E-state index contributed by atoms with van der Waals surface area (Å²) < 4.78 is 34.0. The fraction of sp³-hybridized carbons (Fsp3) is 0.174. The van der Waals surface area contributed by atoms with E-state index in [2.05, 4.69) is 79.6 Å². The summed E-state index contributed by atoms with van der Waals surface area (Å²) >= 11 is 0. The molecule has 0 amide bonds. The first-order valence-corrected chi connectivity index (χ1v) is 18.5. The summed E-state index contributed by atoms with van der Waals surface area (Å²) in [5, 5.41) is 13.7. The van der Waals surface area contributed by atoms with Crippen LogP contribution in [0, 0.1) is 0 Å². The number of benzene rings is 6. The van der Waals surface area contributed by atoms with Crippen LogP contribution in [-0.4, -0.2) is 76.0 Å². The molecule has 0 saturated carbocycles. The molecule has 9 aromatic rings. The van der Waals surface area contributed by atoms with Crippen LogP contribution in [0.15, 0.2) is 114 Å². The number of hydrogen-bond donors (Lipinski definition) is 0. The van der Waals surface area contributed by atoms with Gasteiger partial charge in [0.05, 0.1) is 84.4 Å². The van der Waals surface area contributed by atoms with Gasteiger partial charge in [-0.2, -0.15) is 0 Å². The first-order chi connectivity index (χ1) is 27.7. The molecule has 0 saturated heterocycles. The number of methoxy groups -OCH3 is 4. The third-order valence-electron chi connectivity index (χ3n) is 10.7. The van der Waals surface area contributed by atoms with E-state index in [9.17, 15) is 0 Å². The zero-order chi connectivity index (χ0) is 39.5. The van der Waals surface area contributed by atoms with Gasteiger partial charge in [-0.05, 0) is 97.1 Å². The van der Waals surface area contributed by atoms with Crippen molar-refractivity contribution >= 4 is 55.0 Å². The van der Waals surface area contributed by atoms with Crippen molar-refractivity contribution in [1.29, 1.82) is 0 Å². The van der Waals surface area contributed by atoms with E-state index in [1.165, 1.54) is 0 Å². The van der Waals surface area contributed by atoms with Gasteiger partial charge < -0.3 is 42.3 Å². The fourth-order valence-electron chi connectivity index (χ4n) is 7.99. The van der Waals surface area contributed by atoms with Crippen LogP contribution in [0.5, 0.6) is 23.0 Å². The standard InChI is InChI=1S/C46H42N6O5/c1-49(2)41-13-9-11-31(43(41)51-37-19-15-27(53-5)23-33(37)34-24-28(54-6)16-20-38(34)51)45-47-48-46(57-45)32-12-10-14-42(50(3)4)44(32)52-39-21-17-29(55-7)25-35(39)36-26-30(56-8)18-22-40(36)52/h9-26H,1-8H3. The highest BCUT2D eigenvalue weighted by molar-refractivity contribution is 6.12. The van der Waals surface area contributed by atoms with Crippen molar-refractivity contribution in [2.24, 2.45) is 0 Å². The number of para-hydroxylation sites is 2. The van der Waals surface area contributed by atoms with Crippen molar-refractivity contribution in [3.63, 3.8) is 0 Å². The van der Waals surface area contributed by atoms with Gasteiger partial charge in [-0.3, -0.25) is 0 Å². The molecule has 0 unspecified atom stereocenters. The number of aromatic nitrogens is 4. The quantitative estimate of drug-likeness (QED) is 0.135. The van der Waals surface area contributed by atoms with Crippen LogP contribution in [0.3, 0.4) is 0 Å². The summed E-state index contributed by atoms with van der Waals surface area (Å²) in [6, 6.07) is 36.9. The molecule has 3 heterocycles. The van der Waals surface area contributed by atoms with Crippen molar-refractivity contribution in [3.8, 4) is 57.3 Å². The topological polar surface area (TPSA) is 92.2 Å². The summed E-state index contributed by atoms with van der Waals surface area (Å²) in [5.74, 6) is 3.85. The van der Waals surface area contributed by atoms with Gasteiger partial charge in [0, 0.05) is 49.7 Å². The number of anilines is 2. The van der Waals surface area contributed by atoms with E-state index in [0.29, 0.717) is 11.8 Å². The third kappa shape index (κ3) is 5.65. The Balaban J connectivity index is 1.29. The van der Waals surface area contributed by atoms with Gasteiger partial charge in [-0.25, -0.2) is 0 Å². The van der Waals surface area contributed by atoms with E-state index in [0.717, 1.165) is 100 Å². The summed E-state index contributed by atoms with van der Waals surface area (Å²) in [4.78, 5) is 4.21. The molecule has 0 N–H and O–H groups in total. The summed E-state index contributed by atoms with van der Waals surface area (Å²) in [6.07, 6.45) is 0. The smallest absolute Gasteiger partial charge is 0.250 e. The first kappa shape index (κ1) is 35.6. The highest BCUT2D eigenvalue weighted by atomic mass is 16.5. The lowest BCUT2D eigenvalue weighted by molar-refractivity contribution is 0.415. The number of nitrogens with zero attached hydrogens (tertiary/aromatic N) is 6. The first-order valence-electron chi connectivity index (χ1n) is 18.5. The van der Waals surface area contributed by atoms with Gasteiger partial charge in [-0.15, -0.1) is 10.2 Å². The SMILES string of the molecule is COc1ccc2c(c1)c1cc(OC)ccc1n2-c1c(-c2nnc(-c3cccc(N(C)C)c3-n3c4ccc(OC)cc4c4cc(OC)ccc43)o2)cccc1N(C)C. The molecule has 3 aromatic heterocycles. The van der Waals surface area contributed by atoms with Crippen LogP contribution < -0.4 is 28.7 Å². The number of ether oxygens (including phenoxy) is 4. The normalized spacial score (nSPS) is 11.5. The molecular formula is C46H42N6O5. The molecule has 0 aliphatic heterocycles. The van der Waals surface area contributed by atoms with E-state index in [-0.39, 0.29) is 0 Å². The number of fused-ring (bicyclic) bond motifs is 6. The van der Waals surface area contributed by atoms with Gasteiger partial charge in [-0.1, -0.05) is 12.1 Å². The van der Waals surface area contributed by atoms with Gasteiger partial charge >= 0.3 is 0 Å². The minimum atomic E-state index is 0.388. The van der Waals surface area contributed by atoms with E-state index < -0.39 is 0 Å². The summed E-state index contributed by atoms with van der Waals surface area (Å²) in [5.41, 5.74) is 9.31. The van der Waals surface area contributed by atoms with E-state index in [1.54, 1.807) is 28.4 Å². The van der Waals surface area contributed by atoms with Crippen LogP contribution in [-0.2, 0) is 0 Å². The maximum atomic E-state index is 6.83. The predicted molar refractivity (Wildman–Crippen MR) is 229 cm³/mol. The molecule has 0 radical (unpaired) electrons. The number of hydrogen-bond acceptors (Lipinski definition) is 9. The Labute approximate surface area is 329 Å². The van der Waals surface area contributed by atoms with E-state index in [4.69, 9.17) is 33.6 Å². The molecule has 0 bridgehead atoms. The van der Waals surface area contributed by atoms with Crippen LogP contribution >= 0.6 is 0 Å². The van der Waals surface area contributed by atoms with Crippen LogP contribution in [0.1, 0.15) is 0 Å². The summed E-state index contributed by atoms with van der Waals surface area (Å²) in [6.45, 7) is 0. The molecule has 11 nitrogen and oxygen atoms in total. The molecule has 57 heavy (non-hydrogen) atoms. The van der Waals surface area contributed by atoms with Gasteiger partial charge in [0.15, 0.2) is 0 Å². The Morgan fingerprint density at radius 1 is 0.439 bits per heavy atom. The Kier molecular flexibility index (Phi) is 8.65. The zero-order valence-corrected chi connectivity index (χ0v) is 33.1. The predicted octanol–water partition coefficient (Wildman–Crippen LogP) is 9.76. The van der Waals surface area contributed by atoms with Crippen LogP contribution in [0.4, 0.5) is 11.4 Å². The van der Waals surface area contributed by atoms with Crippen molar-refractivity contribution in [1.82, 2.24) is 19.3 Å². The van der Waals surface area contributed by atoms with Crippen molar-refractivity contribution in [2.75, 3.05) is 66.4 Å². The lowest BCUT2D eigenvalue weighted by atomic mass is 10.1. The average molecular weight is 759 g/mol. The number of rotatable bonds is 10. The lowest BCUT2D eigenvalue weighted by Gasteiger charge is -2.22. The monoisotopic (exact) mass is 758 g/mol. The minimum absolute atomic E-state index is 0.388. The highest BCUT2D eigenvalue weighted by Crippen LogP contribution is 2.45. The molecule has 9 rings (SSSR count). The molecule has 0 spiro atoms. The molecule has 6 aromatic carbocycles. The van der Waals surface area contributed by atoms with Crippen LogP contribution in [0.2, 0.25) is 0 Å². The second kappa shape index (κ2) is 13.9. The minimum Gasteiger partial charge on any atom is -0.497 e. The Morgan fingerprint density at radius 2 is 0.754 bits per heavy atom. The maximum Gasteiger partial charge on any atom is 0.250 e. The molecule has 0 aliphatic rings. The lowest BCUT2D eigenvalue weighted by Crippen LogP contribution is -2.13. The molecular weight excluding hydrogens is 717 g/mol. The Morgan fingerprint density at radius 3 is 1.04 bits per heavy atom. The Bertz CT molecular complexity index is 2670. The second-order valence-corrected chi connectivity index (χ2v) is 14.3. The van der Waals surface area contributed by atoms with Gasteiger partial charge in [0.1, 0.15) is 23.0 Å². The molecule has 11 heteroatoms. The summed E-state index contributed by atoms with van der Waals surface area (Å²) in [7, 11) is 14.9. The van der Waals surface area contributed by atoms with E-state index in [1.807, 2.05) is 76.7 Å². The van der Waals surface area contributed by atoms with Crippen molar-refractivity contribution < 1.29 is 23.4 Å². The average Bonchev–Trinajstić information content (AvgIpc) is 3.95. The van der Waals surface area contributed by atoms with Crippen molar-refractivity contribution in [2.45, 2.75) is 0 Å². The van der Waals surface area contributed by atoms with Gasteiger partial charge in [0.25, 0.3) is 0 Å². The Hall–Kier alpha value is -7.14. The molecule has 286 valence electrons. The maximum absolute atomic E-state index is 6.83. The zero-order valence-electron chi connectivity index (χ0n) is 33.1. The molecule has 0 fully saturated rings. The van der Waals surface area contributed by atoms with Crippen LogP contribution in [0.25, 0.3) is 77.9 Å².